The van der Waals surface area contributed by atoms with Crippen molar-refractivity contribution >= 4 is 15.9 Å². The topological polar surface area (TPSA) is 99.5 Å². The molecule has 0 bridgehead atoms. The second-order valence-corrected chi connectivity index (χ2v) is 7.73. The number of benzene rings is 1. The number of likely N-dealkylation sites (tertiary alicyclic amines) is 1. The Bertz CT molecular complexity index is 694. The van der Waals surface area contributed by atoms with Gasteiger partial charge in [0, 0.05) is 19.3 Å². The Morgan fingerprint density at radius 3 is 2.70 bits per heavy atom. The van der Waals surface area contributed by atoms with Crippen molar-refractivity contribution in [1.29, 1.82) is 5.26 Å². The normalized spacial score (nSPS) is 17.6. The van der Waals surface area contributed by atoms with Crippen LogP contribution >= 0.6 is 0 Å². The maximum Gasteiger partial charge on any atom is 0.317 e. The van der Waals surface area contributed by atoms with Crippen molar-refractivity contribution in [1.82, 2.24) is 10.2 Å². The van der Waals surface area contributed by atoms with Crippen LogP contribution < -0.4 is 10.1 Å². The molecule has 1 heterocycles. The first-order chi connectivity index (χ1) is 10.9. The zero-order valence-electron chi connectivity index (χ0n) is 12.9. The highest BCUT2D eigenvalue weighted by molar-refractivity contribution is 7.91. The number of carbonyl (C=O) groups excluding carboxylic acids is 1. The third kappa shape index (κ3) is 4.86. The van der Waals surface area contributed by atoms with Crippen molar-refractivity contribution in [2.45, 2.75) is 11.7 Å². The number of nitrogens with one attached hydrogen (secondary N) is 1. The summed E-state index contributed by atoms with van der Waals surface area (Å²) in [5.41, 5.74) is 0.556. The zero-order valence-corrected chi connectivity index (χ0v) is 13.7. The van der Waals surface area contributed by atoms with E-state index in [0.29, 0.717) is 37.4 Å². The largest absolute Gasteiger partial charge is 0.492 e. The minimum Gasteiger partial charge on any atom is -0.492 e. The molecule has 1 aromatic carbocycles. The maximum atomic E-state index is 11.9. The summed E-state index contributed by atoms with van der Waals surface area (Å²) < 4.78 is 28.4. The molecule has 2 amide bonds. The third-order valence-electron chi connectivity index (χ3n) is 3.67. The van der Waals surface area contributed by atoms with Crippen LogP contribution in [0.25, 0.3) is 0 Å². The first-order valence-electron chi connectivity index (χ1n) is 7.25. The fourth-order valence-electron chi connectivity index (χ4n) is 2.33. The van der Waals surface area contributed by atoms with Gasteiger partial charge in [0.2, 0.25) is 0 Å². The molecule has 1 N–H and O–H groups in total. The van der Waals surface area contributed by atoms with Crippen LogP contribution in [-0.4, -0.2) is 57.1 Å². The summed E-state index contributed by atoms with van der Waals surface area (Å²) >= 11 is 0. The molecule has 2 rings (SSSR count). The molecular weight excluding hydrogens is 318 g/mol. The van der Waals surface area contributed by atoms with Gasteiger partial charge in [-0.3, -0.25) is 0 Å². The number of urea groups is 1. The molecule has 7 nitrogen and oxygen atoms in total. The number of sulfone groups is 1. The second kappa shape index (κ2) is 7.33. The smallest absolute Gasteiger partial charge is 0.317 e. The summed E-state index contributed by atoms with van der Waals surface area (Å²) in [6, 6.07) is 8.44. The Morgan fingerprint density at radius 1 is 1.43 bits per heavy atom. The van der Waals surface area contributed by atoms with E-state index in [0.717, 1.165) is 0 Å². The van der Waals surface area contributed by atoms with Gasteiger partial charge in [-0.1, -0.05) is 0 Å². The minimum absolute atomic E-state index is 0.237. The van der Waals surface area contributed by atoms with E-state index >= 15 is 0 Å². The molecule has 23 heavy (non-hydrogen) atoms. The molecule has 1 aliphatic heterocycles. The molecule has 0 spiro atoms. The van der Waals surface area contributed by atoms with Crippen LogP contribution in [0.15, 0.2) is 24.3 Å². The molecule has 124 valence electrons. The molecule has 1 fully saturated rings. The number of carbonyl (C=O) groups is 1. The standard InChI is InChI=1S/C15H19N3O4S/c1-23(20,21)14-6-8-18(11-14)15(19)17-7-9-22-13-4-2-12(10-16)3-5-13/h2-5,14H,6-9,11H2,1H3,(H,17,19). The minimum atomic E-state index is -3.11. The average Bonchev–Trinajstić information content (AvgIpc) is 3.02. The van der Waals surface area contributed by atoms with Crippen LogP contribution in [0.5, 0.6) is 5.75 Å². The third-order valence-corrected chi connectivity index (χ3v) is 5.26. The summed E-state index contributed by atoms with van der Waals surface area (Å²) in [7, 11) is -3.11. The van der Waals surface area contributed by atoms with Crippen molar-refractivity contribution in [3.8, 4) is 11.8 Å². The van der Waals surface area contributed by atoms with Crippen molar-refractivity contribution in [3.63, 3.8) is 0 Å². The highest BCUT2D eigenvalue weighted by Gasteiger charge is 2.32. The van der Waals surface area contributed by atoms with E-state index in [-0.39, 0.29) is 12.6 Å². The molecule has 1 aliphatic rings. The quantitative estimate of drug-likeness (QED) is 0.800. The highest BCUT2D eigenvalue weighted by Crippen LogP contribution is 2.16. The second-order valence-electron chi connectivity index (χ2n) is 5.40. The van der Waals surface area contributed by atoms with E-state index in [1.54, 1.807) is 24.3 Å². The predicted molar refractivity (Wildman–Crippen MR) is 84.9 cm³/mol. The van der Waals surface area contributed by atoms with E-state index in [2.05, 4.69) is 5.32 Å². The lowest BCUT2D eigenvalue weighted by Crippen LogP contribution is -2.41. The molecule has 1 unspecified atom stereocenters. The fraction of sp³-hybridized carbons (Fsp3) is 0.467. The lowest BCUT2D eigenvalue weighted by Gasteiger charge is -2.17. The average molecular weight is 337 g/mol. The lowest BCUT2D eigenvalue weighted by molar-refractivity contribution is 0.205. The van der Waals surface area contributed by atoms with Crippen LogP contribution in [0.2, 0.25) is 0 Å². The van der Waals surface area contributed by atoms with Crippen molar-refractivity contribution < 1.29 is 17.9 Å². The van der Waals surface area contributed by atoms with E-state index in [1.807, 2.05) is 6.07 Å². The first-order valence-corrected chi connectivity index (χ1v) is 9.20. The number of nitrogens with zero attached hydrogens (tertiary/aromatic N) is 2. The fourth-order valence-corrected chi connectivity index (χ4v) is 3.31. The van der Waals surface area contributed by atoms with Gasteiger partial charge >= 0.3 is 6.03 Å². The Hall–Kier alpha value is -2.27. The van der Waals surface area contributed by atoms with Crippen molar-refractivity contribution in [3.05, 3.63) is 29.8 Å². The van der Waals surface area contributed by atoms with Gasteiger partial charge < -0.3 is 15.0 Å². The van der Waals surface area contributed by atoms with Gasteiger partial charge in [0.1, 0.15) is 12.4 Å². The van der Waals surface area contributed by atoms with E-state index < -0.39 is 15.1 Å². The Morgan fingerprint density at radius 2 is 2.13 bits per heavy atom. The van der Waals surface area contributed by atoms with Crippen LogP contribution in [0.4, 0.5) is 4.79 Å². The molecule has 1 aromatic rings. The van der Waals surface area contributed by atoms with Crippen molar-refractivity contribution in [2.75, 3.05) is 32.5 Å². The van der Waals surface area contributed by atoms with Gasteiger partial charge in [0.15, 0.2) is 9.84 Å². The monoisotopic (exact) mass is 337 g/mol. The summed E-state index contributed by atoms with van der Waals surface area (Å²) in [5.74, 6) is 0.622. The number of hydrogen-bond donors (Lipinski definition) is 1. The summed E-state index contributed by atoms with van der Waals surface area (Å²) in [5, 5.41) is 10.9. The Labute approximate surface area is 135 Å². The molecule has 1 saturated heterocycles. The number of amides is 2. The SMILES string of the molecule is CS(=O)(=O)C1CCN(C(=O)NCCOc2ccc(C#N)cc2)C1. The molecule has 1 atom stereocenters. The van der Waals surface area contributed by atoms with Crippen LogP contribution in [0.3, 0.4) is 0 Å². The summed E-state index contributed by atoms with van der Waals surface area (Å²) in [6.07, 6.45) is 1.68. The molecular formula is C15H19N3O4S. The summed E-state index contributed by atoms with van der Waals surface area (Å²) in [6.45, 7) is 1.29. The number of hydrogen-bond acceptors (Lipinski definition) is 5. The summed E-state index contributed by atoms with van der Waals surface area (Å²) in [4.78, 5) is 13.4. The van der Waals surface area contributed by atoms with Gasteiger partial charge in [-0.15, -0.1) is 0 Å². The van der Waals surface area contributed by atoms with Gasteiger partial charge in [-0.2, -0.15) is 5.26 Å². The van der Waals surface area contributed by atoms with Gasteiger partial charge in [0.25, 0.3) is 0 Å². The molecule has 0 radical (unpaired) electrons. The van der Waals surface area contributed by atoms with Gasteiger partial charge in [0.05, 0.1) is 23.4 Å². The van der Waals surface area contributed by atoms with Crippen molar-refractivity contribution in [2.24, 2.45) is 0 Å². The predicted octanol–water partition coefficient (Wildman–Crippen LogP) is 0.766. The van der Waals surface area contributed by atoms with E-state index in [4.69, 9.17) is 10.00 Å². The molecule has 0 aromatic heterocycles. The van der Waals surface area contributed by atoms with Crippen LogP contribution in [-0.2, 0) is 9.84 Å². The Kier molecular flexibility index (Phi) is 5.45. The number of ether oxygens (including phenoxy) is 1. The van der Waals surface area contributed by atoms with E-state index in [1.165, 1.54) is 11.2 Å². The molecule has 0 aliphatic carbocycles. The molecule has 8 heteroatoms. The van der Waals surface area contributed by atoms with Crippen LogP contribution in [0.1, 0.15) is 12.0 Å². The number of nitriles is 1. The highest BCUT2D eigenvalue weighted by atomic mass is 32.2. The maximum absolute atomic E-state index is 11.9. The van der Waals surface area contributed by atoms with Gasteiger partial charge in [-0.25, -0.2) is 13.2 Å². The molecule has 0 saturated carbocycles. The van der Waals surface area contributed by atoms with E-state index in [9.17, 15) is 13.2 Å². The Balaban J connectivity index is 1.70. The lowest BCUT2D eigenvalue weighted by atomic mass is 10.2. The van der Waals surface area contributed by atoms with Crippen LogP contribution in [0, 0.1) is 11.3 Å². The van der Waals surface area contributed by atoms with Gasteiger partial charge in [-0.05, 0) is 30.7 Å². The zero-order chi connectivity index (χ0) is 16.9. The number of rotatable bonds is 5. The first kappa shape index (κ1) is 17.1.